The number of likely N-dealkylation sites (tertiary alicyclic amines) is 1. The first-order valence-corrected chi connectivity index (χ1v) is 9.62. The Morgan fingerprint density at radius 3 is 2.32 bits per heavy atom. The van der Waals surface area contributed by atoms with E-state index in [9.17, 15) is 0 Å². The van der Waals surface area contributed by atoms with Crippen LogP contribution in [0.4, 0.5) is 0 Å². The van der Waals surface area contributed by atoms with Crippen LogP contribution in [0.2, 0.25) is 0 Å². The Morgan fingerprint density at radius 2 is 1.64 bits per heavy atom. The van der Waals surface area contributed by atoms with Gasteiger partial charge in [0.05, 0.1) is 0 Å². The lowest BCUT2D eigenvalue weighted by Gasteiger charge is -2.50. The van der Waals surface area contributed by atoms with E-state index in [1.807, 2.05) is 0 Å². The highest BCUT2D eigenvalue weighted by molar-refractivity contribution is 5.28. The normalized spacial score (nSPS) is 27.3. The molecule has 134 valence electrons. The standard InChI is InChI=1S/C23H32N2/c1-19-18-25(3)20(2)16-23(19,22-12-8-5-9-13-22)14-15-24-17-21-10-6-4-7-11-21/h4-13,19-20,24H,14-18H2,1-3H3/t19-,20+,23+/m1/s1. The SMILES string of the molecule is C[C@@H]1CN(C)[C@@H](C)C[C@]1(CCNCc1ccccc1)c1ccccc1. The van der Waals surface area contributed by atoms with Crippen LogP contribution in [0.5, 0.6) is 0 Å². The van der Waals surface area contributed by atoms with Gasteiger partial charge in [0.1, 0.15) is 0 Å². The van der Waals surface area contributed by atoms with Gasteiger partial charge in [-0.25, -0.2) is 0 Å². The molecule has 0 aliphatic carbocycles. The molecular formula is C23H32N2. The second-order valence-electron chi connectivity index (χ2n) is 7.83. The number of nitrogens with zero attached hydrogens (tertiary/aromatic N) is 1. The van der Waals surface area contributed by atoms with E-state index < -0.39 is 0 Å². The van der Waals surface area contributed by atoms with E-state index in [1.54, 1.807) is 0 Å². The Balaban J connectivity index is 1.71. The van der Waals surface area contributed by atoms with Crippen LogP contribution in [0, 0.1) is 5.92 Å². The van der Waals surface area contributed by atoms with Gasteiger partial charge in [-0.3, -0.25) is 0 Å². The van der Waals surface area contributed by atoms with Crippen molar-refractivity contribution in [2.45, 2.75) is 44.7 Å². The first-order valence-electron chi connectivity index (χ1n) is 9.62. The largest absolute Gasteiger partial charge is 0.313 e. The summed E-state index contributed by atoms with van der Waals surface area (Å²) in [6.07, 6.45) is 2.44. The molecule has 1 heterocycles. The molecule has 2 nitrogen and oxygen atoms in total. The molecule has 2 aromatic rings. The van der Waals surface area contributed by atoms with Gasteiger partial charge in [0.25, 0.3) is 0 Å². The molecule has 3 rings (SSSR count). The van der Waals surface area contributed by atoms with Crippen molar-refractivity contribution in [3.8, 4) is 0 Å². The number of nitrogens with one attached hydrogen (secondary N) is 1. The number of hydrogen-bond donors (Lipinski definition) is 1. The summed E-state index contributed by atoms with van der Waals surface area (Å²) in [5.41, 5.74) is 3.15. The Hall–Kier alpha value is -1.64. The first kappa shape index (κ1) is 18.2. The summed E-state index contributed by atoms with van der Waals surface area (Å²) in [6, 6.07) is 22.5. The Labute approximate surface area is 153 Å². The predicted molar refractivity (Wildman–Crippen MR) is 107 cm³/mol. The molecule has 0 amide bonds. The molecule has 0 bridgehead atoms. The summed E-state index contributed by atoms with van der Waals surface area (Å²) in [6.45, 7) is 8.00. The summed E-state index contributed by atoms with van der Waals surface area (Å²) < 4.78 is 0. The van der Waals surface area contributed by atoms with Crippen LogP contribution >= 0.6 is 0 Å². The molecule has 25 heavy (non-hydrogen) atoms. The fourth-order valence-electron chi connectivity index (χ4n) is 4.48. The van der Waals surface area contributed by atoms with Crippen molar-refractivity contribution in [2.24, 2.45) is 5.92 Å². The van der Waals surface area contributed by atoms with Gasteiger partial charge in [-0.2, -0.15) is 0 Å². The lowest BCUT2D eigenvalue weighted by atomic mass is 9.63. The van der Waals surface area contributed by atoms with Gasteiger partial charge < -0.3 is 10.2 Å². The van der Waals surface area contributed by atoms with Crippen molar-refractivity contribution in [2.75, 3.05) is 20.1 Å². The van der Waals surface area contributed by atoms with Crippen LogP contribution in [0.15, 0.2) is 60.7 Å². The maximum atomic E-state index is 3.68. The van der Waals surface area contributed by atoms with Gasteiger partial charge in [0, 0.05) is 24.5 Å². The zero-order chi connectivity index (χ0) is 17.7. The number of rotatable bonds is 6. The molecule has 2 heteroatoms. The third kappa shape index (κ3) is 4.13. The fourth-order valence-corrected chi connectivity index (χ4v) is 4.48. The van der Waals surface area contributed by atoms with Crippen molar-refractivity contribution < 1.29 is 0 Å². The molecule has 1 N–H and O–H groups in total. The van der Waals surface area contributed by atoms with Crippen LogP contribution in [-0.4, -0.2) is 31.1 Å². The smallest absolute Gasteiger partial charge is 0.0205 e. The van der Waals surface area contributed by atoms with E-state index in [1.165, 1.54) is 30.5 Å². The minimum absolute atomic E-state index is 0.275. The van der Waals surface area contributed by atoms with Gasteiger partial charge >= 0.3 is 0 Å². The lowest BCUT2D eigenvalue weighted by molar-refractivity contribution is 0.0689. The third-order valence-electron chi connectivity index (χ3n) is 6.19. The molecule has 0 radical (unpaired) electrons. The van der Waals surface area contributed by atoms with Crippen molar-refractivity contribution in [3.05, 3.63) is 71.8 Å². The molecule has 3 atom stereocenters. The number of benzene rings is 2. The molecule has 1 saturated heterocycles. The van der Waals surface area contributed by atoms with Crippen molar-refractivity contribution in [3.63, 3.8) is 0 Å². The summed E-state index contributed by atoms with van der Waals surface area (Å²) in [5, 5.41) is 3.68. The van der Waals surface area contributed by atoms with Crippen LogP contribution in [0.1, 0.15) is 37.8 Å². The molecule has 0 unspecified atom stereocenters. The molecule has 0 spiro atoms. The molecule has 1 fully saturated rings. The molecule has 0 saturated carbocycles. The average Bonchev–Trinajstić information content (AvgIpc) is 2.64. The average molecular weight is 337 g/mol. The fraction of sp³-hybridized carbons (Fsp3) is 0.478. The molecule has 1 aliphatic heterocycles. The maximum absolute atomic E-state index is 3.68. The highest BCUT2D eigenvalue weighted by atomic mass is 15.1. The Kier molecular flexibility index (Phi) is 5.93. The summed E-state index contributed by atoms with van der Waals surface area (Å²) in [4.78, 5) is 2.52. The summed E-state index contributed by atoms with van der Waals surface area (Å²) in [5.74, 6) is 0.662. The van der Waals surface area contributed by atoms with Gasteiger partial charge in [0.15, 0.2) is 0 Å². The zero-order valence-corrected chi connectivity index (χ0v) is 15.9. The molecule has 0 aromatic heterocycles. The van der Waals surface area contributed by atoms with Crippen LogP contribution in [0.3, 0.4) is 0 Å². The topological polar surface area (TPSA) is 15.3 Å². The van der Waals surface area contributed by atoms with E-state index in [2.05, 4.69) is 91.8 Å². The second-order valence-corrected chi connectivity index (χ2v) is 7.83. The Bertz CT molecular complexity index is 640. The van der Waals surface area contributed by atoms with Gasteiger partial charge in [0.2, 0.25) is 0 Å². The summed E-state index contributed by atoms with van der Waals surface area (Å²) in [7, 11) is 2.27. The lowest BCUT2D eigenvalue weighted by Crippen LogP contribution is -2.52. The number of piperidine rings is 1. The maximum Gasteiger partial charge on any atom is 0.0205 e. The van der Waals surface area contributed by atoms with E-state index >= 15 is 0 Å². The van der Waals surface area contributed by atoms with Crippen molar-refractivity contribution >= 4 is 0 Å². The molecule has 1 aliphatic rings. The minimum Gasteiger partial charge on any atom is -0.313 e. The van der Waals surface area contributed by atoms with Crippen molar-refractivity contribution in [1.82, 2.24) is 10.2 Å². The minimum atomic E-state index is 0.275. The molecular weight excluding hydrogens is 304 g/mol. The van der Waals surface area contributed by atoms with E-state index in [0.717, 1.165) is 13.1 Å². The van der Waals surface area contributed by atoms with Crippen LogP contribution < -0.4 is 5.32 Å². The first-order chi connectivity index (χ1) is 12.1. The Morgan fingerprint density at radius 1 is 1.00 bits per heavy atom. The van der Waals surface area contributed by atoms with Crippen LogP contribution in [-0.2, 0) is 12.0 Å². The van der Waals surface area contributed by atoms with E-state index in [-0.39, 0.29) is 5.41 Å². The highest BCUT2D eigenvalue weighted by Crippen LogP contribution is 2.44. The van der Waals surface area contributed by atoms with E-state index in [4.69, 9.17) is 0 Å². The van der Waals surface area contributed by atoms with E-state index in [0.29, 0.717) is 12.0 Å². The number of hydrogen-bond acceptors (Lipinski definition) is 2. The molecule has 2 aromatic carbocycles. The highest BCUT2D eigenvalue weighted by Gasteiger charge is 2.43. The second kappa shape index (κ2) is 8.16. The quantitative estimate of drug-likeness (QED) is 0.783. The zero-order valence-electron chi connectivity index (χ0n) is 15.9. The van der Waals surface area contributed by atoms with Crippen molar-refractivity contribution in [1.29, 1.82) is 0 Å². The van der Waals surface area contributed by atoms with Crippen LogP contribution in [0.25, 0.3) is 0 Å². The summed E-state index contributed by atoms with van der Waals surface area (Å²) >= 11 is 0. The third-order valence-corrected chi connectivity index (χ3v) is 6.19. The van der Waals surface area contributed by atoms with Gasteiger partial charge in [-0.05, 0) is 50.4 Å². The van der Waals surface area contributed by atoms with Gasteiger partial charge in [-0.15, -0.1) is 0 Å². The monoisotopic (exact) mass is 336 g/mol. The predicted octanol–water partition coefficient (Wildman–Crippen LogP) is 4.46. The van der Waals surface area contributed by atoms with Gasteiger partial charge in [-0.1, -0.05) is 67.6 Å².